The lowest BCUT2D eigenvalue weighted by Gasteiger charge is -2.31. The van der Waals surface area contributed by atoms with Crippen LogP contribution in [-0.4, -0.2) is 42.2 Å². The van der Waals surface area contributed by atoms with Gasteiger partial charge in [0.1, 0.15) is 11.8 Å². The van der Waals surface area contributed by atoms with Crippen molar-refractivity contribution in [1.82, 2.24) is 10.2 Å². The van der Waals surface area contributed by atoms with Gasteiger partial charge in [-0.15, -0.1) is 11.8 Å². The van der Waals surface area contributed by atoms with Gasteiger partial charge in [-0.05, 0) is 42.2 Å². The van der Waals surface area contributed by atoms with E-state index in [1.807, 2.05) is 67.6 Å². The minimum absolute atomic E-state index is 0.0527. The van der Waals surface area contributed by atoms with E-state index in [9.17, 15) is 9.59 Å². The van der Waals surface area contributed by atoms with Crippen molar-refractivity contribution in [1.29, 1.82) is 0 Å². The molecule has 3 rings (SSSR count). The van der Waals surface area contributed by atoms with E-state index in [1.165, 1.54) is 11.1 Å². The van der Waals surface area contributed by atoms with Crippen LogP contribution in [0.4, 0.5) is 0 Å². The predicted molar refractivity (Wildman–Crippen MR) is 148 cm³/mol. The van der Waals surface area contributed by atoms with Crippen LogP contribution in [0.3, 0.4) is 0 Å². The Morgan fingerprint density at radius 2 is 1.67 bits per heavy atom. The van der Waals surface area contributed by atoms with Crippen LogP contribution in [0.2, 0.25) is 0 Å². The van der Waals surface area contributed by atoms with E-state index in [0.717, 1.165) is 29.1 Å². The highest BCUT2D eigenvalue weighted by atomic mass is 32.2. The molecule has 3 aromatic rings. The number of nitrogens with one attached hydrogen (secondary N) is 1. The van der Waals surface area contributed by atoms with Crippen molar-refractivity contribution in [3.8, 4) is 5.75 Å². The Balaban J connectivity index is 1.85. The van der Waals surface area contributed by atoms with E-state index in [1.54, 1.807) is 23.8 Å². The lowest BCUT2D eigenvalue weighted by molar-refractivity contribution is -0.139. The molecule has 0 aliphatic heterocycles. The number of benzene rings is 3. The summed E-state index contributed by atoms with van der Waals surface area (Å²) in [6, 6.07) is 25.3. The number of hydrogen-bond donors (Lipinski definition) is 1. The molecule has 2 amide bonds. The number of rotatable bonds is 13. The first-order valence-corrected chi connectivity index (χ1v) is 13.5. The molecule has 190 valence electrons. The Labute approximate surface area is 219 Å². The standard InChI is InChI=1S/C30H36N2O3S/c1-4-16-31-30(34)28(19-24-11-6-5-7-12-24)32(20-25-13-9-15-27(18-25)35-3)29(33)22-36-21-26-14-8-10-23(2)17-26/h5-15,17-18,28H,4,16,19-22H2,1-3H3,(H,31,34). The number of methoxy groups -OCH3 is 1. The molecule has 1 N–H and O–H groups in total. The summed E-state index contributed by atoms with van der Waals surface area (Å²) in [4.78, 5) is 28.8. The van der Waals surface area contributed by atoms with Gasteiger partial charge in [0.2, 0.25) is 11.8 Å². The van der Waals surface area contributed by atoms with E-state index in [0.29, 0.717) is 25.3 Å². The SMILES string of the molecule is CCCNC(=O)C(Cc1ccccc1)N(Cc1cccc(OC)c1)C(=O)CSCc1cccc(C)c1. The van der Waals surface area contributed by atoms with Crippen LogP contribution in [0, 0.1) is 6.92 Å². The first-order chi connectivity index (χ1) is 17.5. The zero-order chi connectivity index (χ0) is 25.8. The first-order valence-electron chi connectivity index (χ1n) is 12.4. The van der Waals surface area contributed by atoms with Crippen molar-refractivity contribution in [3.05, 3.63) is 101 Å². The molecular formula is C30H36N2O3S. The summed E-state index contributed by atoms with van der Waals surface area (Å²) in [6.45, 7) is 5.00. The minimum atomic E-state index is -0.614. The zero-order valence-electron chi connectivity index (χ0n) is 21.4. The molecule has 1 atom stereocenters. The van der Waals surface area contributed by atoms with Crippen LogP contribution >= 0.6 is 11.8 Å². The number of carbonyl (C=O) groups is 2. The normalized spacial score (nSPS) is 11.5. The molecule has 5 nitrogen and oxygen atoms in total. The highest BCUT2D eigenvalue weighted by Gasteiger charge is 2.30. The van der Waals surface area contributed by atoms with Crippen molar-refractivity contribution in [2.45, 2.75) is 45.0 Å². The molecule has 0 heterocycles. The van der Waals surface area contributed by atoms with Gasteiger partial charge in [-0.2, -0.15) is 0 Å². The molecule has 0 fully saturated rings. The number of ether oxygens (including phenoxy) is 1. The fourth-order valence-corrected chi connectivity index (χ4v) is 4.89. The molecule has 3 aromatic carbocycles. The zero-order valence-corrected chi connectivity index (χ0v) is 22.2. The lowest BCUT2D eigenvalue weighted by Crippen LogP contribution is -2.51. The quantitative estimate of drug-likeness (QED) is 0.338. The fourth-order valence-electron chi connectivity index (χ4n) is 4.03. The van der Waals surface area contributed by atoms with E-state index < -0.39 is 6.04 Å². The molecule has 0 saturated heterocycles. The average Bonchev–Trinajstić information content (AvgIpc) is 2.90. The van der Waals surface area contributed by atoms with Gasteiger partial charge in [-0.3, -0.25) is 9.59 Å². The second-order valence-corrected chi connectivity index (χ2v) is 9.84. The van der Waals surface area contributed by atoms with Gasteiger partial charge in [0.05, 0.1) is 12.9 Å². The van der Waals surface area contributed by atoms with E-state index in [2.05, 4.69) is 30.4 Å². The molecule has 0 aromatic heterocycles. The molecule has 0 aliphatic carbocycles. The summed E-state index contributed by atoms with van der Waals surface area (Å²) in [5, 5.41) is 3.02. The smallest absolute Gasteiger partial charge is 0.243 e. The van der Waals surface area contributed by atoms with Crippen LogP contribution in [0.5, 0.6) is 5.75 Å². The van der Waals surface area contributed by atoms with Crippen LogP contribution < -0.4 is 10.1 Å². The second kappa shape index (κ2) is 14.3. The van der Waals surface area contributed by atoms with Crippen LogP contribution in [0.15, 0.2) is 78.9 Å². The van der Waals surface area contributed by atoms with E-state index >= 15 is 0 Å². The average molecular weight is 505 g/mol. The maximum atomic E-state index is 13.7. The minimum Gasteiger partial charge on any atom is -0.497 e. The lowest BCUT2D eigenvalue weighted by atomic mass is 10.0. The number of hydrogen-bond acceptors (Lipinski definition) is 4. The van der Waals surface area contributed by atoms with Gasteiger partial charge < -0.3 is 15.0 Å². The van der Waals surface area contributed by atoms with Gasteiger partial charge in [0.25, 0.3) is 0 Å². The summed E-state index contributed by atoms with van der Waals surface area (Å²) >= 11 is 1.58. The molecule has 0 radical (unpaired) electrons. The third kappa shape index (κ3) is 8.45. The summed E-state index contributed by atoms with van der Waals surface area (Å²) in [5.41, 5.74) is 4.33. The Hall–Kier alpha value is -3.25. The second-order valence-electron chi connectivity index (χ2n) is 8.85. The molecule has 0 spiro atoms. The van der Waals surface area contributed by atoms with Crippen LogP contribution in [0.25, 0.3) is 0 Å². The van der Waals surface area contributed by atoms with Crippen molar-refractivity contribution >= 4 is 23.6 Å². The highest BCUT2D eigenvalue weighted by molar-refractivity contribution is 7.99. The van der Waals surface area contributed by atoms with Gasteiger partial charge in [-0.1, -0.05) is 79.2 Å². The largest absolute Gasteiger partial charge is 0.497 e. The van der Waals surface area contributed by atoms with Crippen molar-refractivity contribution in [2.24, 2.45) is 0 Å². The number of amides is 2. The molecule has 6 heteroatoms. The van der Waals surface area contributed by atoms with E-state index in [4.69, 9.17) is 4.74 Å². The van der Waals surface area contributed by atoms with Gasteiger partial charge in [0, 0.05) is 25.3 Å². The van der Waals surface area contributed by atoms with E-state index in [-0.39, 0.29) is 11.8 Å². The fraction of sp³-hybridized carbons (Fsp3) is 0.333. The maximum Gasteiger partial charge on any atom is 0.243 e. The third-order valence-corrected chi connectivity index (χ3v) is 6.87. The first kappa shape index (κ1) is 27.3. The Kier molecular flexibility index (Phi) is 10.9. The molecule has 0 bridgehead atoms. The number of nitrogens with zero attached hydrogens (tertiary/aromatic N) is 1. The highest BCUT2D eigenvalue weighted by Crippen LogP contribution is 2.21. The molecular weight excluding hydrogens is 468 g/mol. The van der Waals surface area contributed by atoms with Crippen molar-refractivity contribution in [2.75, 3.05) is 19.4 Å². The number of carbonyl (C=O) groups excluding carboxylic acids is 2. The Bertz CT molecular complexity index is 1120. The predicted octanol–water partition coefficient (Wildman–Crippen LogP) is 5.40. The van der Waals surface area contributed by atoms with Crippen molar-refractivity contribution < 1.29 is 14.3 Å². The molecule has 0 saturated carbocycles. The summed E-state index contributed by atoms with van der Waals surface area (Å²) < 4.78 is 5.39. The Morgan fingerprint density at radius 3 is 2.39 bits per heavy atom. The monoisotopic (exact) mass is 504 g/mol. The van der Waals surface area contributed by atoms with Gasteiger partial charge >= 0.3 is 0 Å². The van der Waals surface area contributed by atoms with Crippen molar-refractivity contribution in [3.63, 3.8) is 0 Å². The number of thioether (sulfide) groups is 1. The third-order valence-electron chi connectivity index (χ3n) is 5.88. The summed E-state index contributed by atoms with van der Waals surface area (Å²) in [5.74, 6) is 1.59. The Morgan fingerprint density at radius 1 is 0.944 bits per heavy atom. The summed E-state index contributed by atoms with van der Waals surface area (Å²) in [6.07, 6.45) is 1.29. The molecule has 36 heavy (non-hydrogen) atoms. The van der Waals surface area contributed by atoms with Crippen LogP contribution in [-0.2, 0) is 28.3 Å². The van der Waals surface area contributed by atoms with Crippen LogP contribution in [0.1, 0.15) is 35.6 Å². The topological polar surface area (TPSA) is 58.6 Å². The number of aryl methyl sites for hydroxylation is 1. The van der Waals surface area contributed by atoms with Gasteiger partial charge in [0.15, 0.2) is 0 Å². The molecule has 1 unspecified atom stereocenters. The maximum absolute atomic E-state index is 13.7. The van der Waals surface area contributed by atoms with Gasteiger partial charge in [-0.25, -0.2) is 0 Å². The molecule has 0 aliphatic rings. The summed E-state index contributed by atoms with van der Waals surface area (Å²) in [7, 11) is 1.63.